The Morgan fingerprint density at radius 2 is 0.839 bits per heavy atom. The van der Waals surface area contributed by atoms with Crippen molar-refractivity contribution in [2.75, 3.05) is 0 Å². The third kappa shape index (κ3) is 7.91. The molecule has 0 N–H and O–H groups in total. The van der Waals surface area contributed by atoms with Crippen molar-refractivity contribution in [2.45, 2.75) is 78.8 Å². The quantitative estimate of drug-likeness (QED) is 0.332. The summed E-state index contributed by atoms with van der Waals surface area (Å²) in [6.07, 6.45) is 0. The zero-order valence-corrected chi connectivity index (χ0v) is 23.9. The molecule has 0 aliphatic carbocycles. The standard InChI is InChI=1S/C24H40O4Si3/c1-19(2)21-15-11-13-17-23(21)25-29(5,6)27-31(9,10)28-30(7,8)26-24-18-14-12-16-22(24)20(3)4/h11-20H,1-10H3. The van der Waals surface area contributed by atoms with Gasteiger partial charge in [-0.15, -0.1) is 0 Å². The van der Waals surface area contributed by atoms with Gasteiger partial charge in [0.1, 0.15) is 11.5 Å². The highest BCUT2D eigenvalue weighted by molar-refractivity contribution is 6.84. The van der Waals surface area contributed by atoms with Crippen LogP contribution in [0.15, 0.2) is 48.5 Å². The van der Waals surface area contributed by atoms with Gasteiger partial charge in [-0.05, 0) is 74.4 Å². The minimum Gasteiger partial charge on any atom is -0.521 e. The summed E-state index contributed by atoms with van der Waals surface area (Å²) in [5.41, 5.74) is 2.41. The molecule has 0 unspecified atom stereocenters. The van der Waals surface area contributed by atoms with Gasteiger partial charge in [-0.1, -0.05) is 64.1 Å². The molecule has 0 spiro atoms. The predicted molar refractivity (Wildman–Crippen MR) is 137 cm³/mol. The van der Waals surface area contributed by atoms with Crippen molar-refractivity contribution in [2.24, 2.45) is 0 Å². The summed E-state index contributed by atoms with van der Waals surface area (Å²) >= 11 is 0. The molecule has 2 aromatic carbocycles. The van der Waals surface area contributed by atoms with E-state index in [1.807, 2.05) is 24.3 Å². The summed E-state index contributed by atoms with van der Waals surface area (Å²) in [6, 6.07) is 16.5. The van der Waals surface area contributed by atoms with E-state index in [9.17, 15) is 0 Å². The molecule has 0 atom stereocenters. The molecule has 0 saturated carbocycles. The Kier molecular flexibility index (Phi) is 8.38. The van der Waals surface area contributed by atoms with E-state index in [1.165, 1.54) is 11.1 Å². The molecule has 7 heteroatoms. The highest BCUT2D eigenvalue weighted by Gasteiger charge is 2.44. The summed E-state index contributed by atoms with van der Waals surface area (Å²) in [4.78, 5) is 0. The molecule has 0 aliphatic heterocycles. The van der Waals surface area contributed by atoms with Gasteiger partial charge in [0, 0.05) is 0 Å². The maximum Gasteiger partial charge on any atom is 0.383 e. The molecule has 172 valence electrons. The lowest BCUT2D eigenvalue weighted by molar-refractivity contribution is 0.300. The molecule has 31 heavy (non-hydrogen) atoms. The average Bonchev–Trinajstić information content (AvgIpc) is 2.59. The van der Waals surface area contributed by atoms with Gasteiger partial charge in [0.25, 0.3) is 0 Å². The van der Waals surface area contributed by atoms with Crippen molar-refractivity contribution < 1.29 is 17.1 Å². The van der Waals surface area contributed by atoms with Gasteiger partial charge in [0.15, 0.2) is 0 Å². The summed E-state index contributed by atoms with van der Waals surface area (Å²) in [5, 5.41) is 0. The van der Waals surface area contributed by atoms with Crippen molar-refractivity contribution >= 4 is 25.7 Å². The van der Waals surface area contributed by atoms with Crippen molar-refractivity contribution in [1.29, 1.82) is 0 Å². The van der Waals surface area contributed by atoms with Crippen LogP contribution in [0.25, 0.3) is 0 Å². The van der Waals surface area contributed by atoms with E-state index in [2.05, 4.69) is 91.2 Å². The van der Waals surface area contributed by atoms with Gasteiger partial charge < -0.3 is 17.1 Å². The molecule has 0 aromatic heterocycles. The van der Waals surface area contributed by atoms with Crippen LogP contribution >= 0.6 is 0 Å². The van der Waals surface area contributed by atoms with E-state index in [1.54, 1.807) is 0 Å². The number of benzene rings is 2. The Balaban J connectivity index is 2.12. The summed E-state index contributed by atoms with van der Waals surface area (Å²) in [7, 11) is -7.45. The molecular weight excluding hydrogens is 437 g/mol. The van der Waals surface area contributed by atoms with E-state index >= 15 is 0 Å². The minimum absolute atomic E-state index is 0.392. The number of para-hydroxylation sites is 2. The first-order valence-electron chi connectivity index (χ1n) is 11.2. The lowest BCUT2D eigenvalue weighted by Gasteiger charge is -2.38. The third-order valence-corrected chi connectivity index (χ3v) is 14.1. The van der Waals surface area contributed by atoms with Crippen LogP contribution in [-0.2, 0) is 8.23 Å². The van der Waals surface area contributed by atoms with Crippen molar-refractivity contribution in [1.82, 2.24) is 0 Å². The monoisotopic (exact) mass is 476 g/mol. The second-order valence-corrected chi connectivity index (χ2v) is 20.4. The maximum atomic E-state index is 6.60. The Bertz CT molecular complexity index is 794. The Hall–Kier alpha value is -1.39. The fraction of sp³-hybridized carbons (Fsp3) is 0.500. The Morgan fingerprint density at radius 3 is 1.16 bits per heavy atom. The second kappa shape index (κ2) is 10.0. The van der Waals surface area contributed by atoms with E-state index in [4.69, 9.17) is 17.1 Å². The lowest BCUT2D eigenvalue weighted by Crippen LogP contribution is -2.56. The summed E-state index contributed by atoms with van der Waals surface area (Å²) in [6.45, 7) is 21.3. The van der Waals surface area contributed by atoms with Gasteiger partial charge in [0.05, 0.1) is 0 Å². The first-order valence-corrected chi connectivity index (χ1v) is 19.6. The molecule has 0 aliphatic rings. The van der Waals surface area contributed by atoms with Gasteiger partial charge in [-0.25, -0.2) is 0 Å². The predicted octanol–water partition coefficient (Wildman–Crippen LogP) is 7.53. The number of hydrogen-bond donors (Lipinski definition) is 0. The van der Waals surface area contributed by atoms with Gasteiger partial charge in [0.2, 0.25) is 0 Å². The van der Waals surface area contributed by atoms with E-state index in [0.29, 0.717) is 11.8 Å². The highest BCUT2D eigenvalue weighted by Crippen LogP contribution is 2.32. The molecule has 2 aromatic rings. The van der Waals surface area contributed by atoms with Crippen molar-refractivity contribution in [3.05, 3.63) is 59.7 Å². The van der Waals surface area contributed by atoms with E-state index in [-0.39, 0.29) is 0 Å². The molecule has 0 heterocycles. The van der Waals surface area contributed by atoms with Crippen LogP contribution in [-0.4, -0.2) is 25.7 Å². The van der Waals surface area contributed by atoms with E-state index in [0.717, 1.165) is 11.5 Å². The number of rotatable bonds is 10. The second-order valence-electron chi connectivity index (χ2n) is 9.99. The fourth-order valence-corrected chi connectivity index (χ4v) is 15.7. The third-order valence-electron chi connectivity index (χ3n) is 4.78. The molecule has 0 saturated heterocycles. The van der Waals surface area contributed by atoms with Crippen LogP contribution in [0, 0.1) is 0 Å². The molecule has 0 bridgehead atoms. The first-order chi connectivity index (χ1) is 14.2. The lowest BCUT2D eigenvalue weighted by atomic mass is 10.0. The van der Waals surface area contributed by atoms with Gasteiger partial charge >= 0.3 is 25.7 Å². The summed E-state index contributed by atoms with van der Waals surface area (Å²) < 4.78 is 26.1. The normalized spacial score (nSPS) is 13.0. The zero-order chi connectivity index (χ0) is 23.4. The molecule has 0 radical (unpaired) electrons. The number of hydrogen-bond acceptors (Lipinski definition) is 4. The van der Waals surface area contributed by atoms with Crippen LogP contribution in [0.5, 0.6) is 11.5 Å². The minimum atomic E-state index is -2.50. The topological polar surface area (TPSA) is 36.9 Å². The Labute approximate surface area is 192 Å². The smallest absolute Gasteiger partial charge is 0.383 e. The largest absolute Gasteiger partial charge is 0.521 e. The molecule has 0 fully saturated rings. The molecular formula is C24H40O4Si3. The molecule has 0 amide bonds. The molecule has 4 nitrogen and oxygen atoms in total. The van der Waals surface area contributed by atoms with E-state index < -0.39 is 25.7 Å². The van der Waals surface area contributed by atoms with Crippen LogP contribution in [0.3, 0.4) is 0 Å². The van der Waals surface area contributed by atoms with Gasteiger partial charge in [-0.2, -0.15) is 0 Å². The average molecular weight is 477 g/mol. The first kappa shape index (κ1) is 25.9. The fourth-order valence-electron chi connectivity index (χ4n) is 3.88. The SMILES string of the molecule is CC(C)c1ccccc1O[Si](C)(C)O[Si](C)(C)O[Si](C)(C)Oc1ccccc1C(C)C. The molecule has 2 rings (SSSR count). The Morgan fingerprint density at radius 1 is 0.516 bits per heavy atom. The van der Waals surface area contributed by atoms with Crippen LogP contribution in [0.1, 0.15) is 50.7 Å². The van der Waals surface area contributed by atoms with Crippen molar-refractivity contribution in [3.63, 3.8) is 0 Å². The van der Waals surface area contributed by atoms with Crippen molar-refractivity contribution in [3.8, 4) is 11.5 Å². The van der Waals surface area contributed by atoms with Crippen LogP contribution in [0.4, 0.5) is 0 Å². The zero-order valence-electron chi connectivity index (χ0n) is 20.9. The van der Waals surface area contributed by atoms with Gasteiger partial charge in [-0.3, -0.25) is 0 Å². The summed E-state index contributed by atoms with van der Waals surface area (Å²) in [5.74, 6) is 2.61. The maximum absolute atomic E-state index is 6.60. The van der Waals surface area contributed by atoms with Crippen LogP contribution < -0.4 is 8.85 Å². The highest BCUT2D eigenvalue weighted by atomic mass is 28.5. The van der Waals surface area contributed by atoms with Crippen LogP contribution in [0.2, 0.25) is 39.3 Å².